The van der Waals surface area contributed by atoms with Gasteiger partial charge in [0.1, 0.15) is 11.5 Å². The number of halogens is 1. The Labute approximate surface area is 135 Å². The summed E-state index contributed by atoms with van der Waals surface area (Å²) in [6.45, 7) is 4.84. The summed E-state index contributed by atoms with van der Waals surface area (Å²) in [6, 6.07) is 10.6. The maximum absolute atomic E-state index is 6.12. The molecule has 0 spiro atoms. The predicted octanol–water partition coefficient (Wildman–Crippen LogP) is 4.27. The van der Waals surface area contributed by atoms with Gasteiger partial charge in [0.05, 0.1) is 6.54 Å². The van der Waals surface area contributed by atoms with Crippen molar-refractivity contribution in [3.8, 4) is 0 Å². The van der Waals surface area contributed by atoms with E-state index in [4.69, 9.17) is 10.2 Å². The molecule has 0 aliphatic carbocycles. The van der Waals surface area contributed by atoms with Crippen molar-refractivity contribution >= 4 is 21.6 Å². The molecule has 0 amide bonds. The molecule has 0 fully saturated rings. The van der Waals surface area contributed by atoms with Crippen molar-refractivity contribution in [2.45, 2.75) is 39.3 Å². The molecule has 3 nitrogen and oxygen atoms in total. The number of aryl methyl sites for hydroxylation is 1. The summed E-state index contributed by atoms with van der Waals surface area (Å²) in [4.78, 5) is 2.21. The third kappa shape index (κ3) is 4.35. The highest BCUT2D eigenvalue weighted by atomic mass is 79.9. The van der Waals surface area contributed by atoms with Gasteiger partial charge in [-0.1, -0.05) is 28.9 Å². The van der Waals surface area contributed by atoms with Crippen LogP contribution < -0.4 is 10.6 Å². The molecule has 2 aromatic rings. The van der Waals surface area contributed by atoms with Gasteiger partial charge < -0.3 is 15.1 Å². The summed E-state index contributed by atoms with van der Waals surface area (Å²) in [6.07, 6.45) is 1.87. The predicted molar refractivity (Wildman–Crippen MR) is 91.7 cm³/mol. The van der Waals surface area contributed by atoms with E-state index in [9.17, 15) is 0 Å². The zero-order chi connectivity index (χ0) is 15.4. The first-order valence-electron chi connectivity index (χ1n) is 7.30. The molecule has 0 aliphatic heterocycles. The van der Waals surface area contributed by atoms with E-state index in [-0.39, 0.29) is 6.04 Å². The number of benzene rings is 1. The van der Waals surface area contributed by atoms with Gasteiger partial charge in [-0.25, -0.2) is 0 Å². The van der Waals surface area contributed by atoms with Crippen LogP contribution in [0, 0.1) is 6.92 Å². The lowest BCUT2D eigenvalue weighted by molar-refractivity contribution is 0.481. The van der Waals surface area contributed by atoms with E-state index >= 15 is 0 Å². The Kier molecular flexibility index (Phi) is 5.48. The summed E-state index contributed by atoms with van der Waals surface area (Å²) < 4.78 is 6.75. The van der Waals surface area contributed by atoms with Crippen LogP contribution in [-0.2, 0) is 13.0 Å². The second kappa shape index (κ2) is 7.14. The number of furan rings is 1. The molecule has 0 radical (unpaired) electrons. The lowest BCUT2D eigenvalue weighted by Crippen LogP contribution is -2.24. The lowest BCUT2D eigenvalue weighted by Gasteiger charge is -2.23. The third-order valence-corrected chi connectivity index (χ3v) is 4.15. The Hall–Kier alpha value is -1.26. The van der Waals surface area contributed by atoms with Crippen LogP contribution in [0.2, 0.25) is 0 Å². The van der Waals surface area contributed by atoms with Crippen molar-refractivity contribution in [1.29, 1.82) is 0 Å². The second-order valence-corrected chi connectivity index (χ2v) is 6.43. The van der Waals surface area contributed by atoms with Crippen molar-refractivity contribution in [2.24, 2.45) is 5.73 Å². The Morgan fingerprint density at radius 2 is 2.05 bits per heavy atom. The first-order valence-corrected chi connectivity index (χ1v) is 8.09. The van der Waals surface area contributed by atoms with Crippen molar-refractivity contribution in [2.75, 3.05) is 11.9 Å². The number of hydrogen-bond donors (Lipinski definition) is 1. The van der Waals surface area contributed by atoms with E-state index in [1.165, 1.54) is 11.3 Å². The first kappa shape index (κ1) is 16.1. The smallest absolute Gasteiger partial charge is 0.123 e. The van der Waals surface area contributed by atoms with Gasteiger partial charge in [-0.2, -0.15) is 0 Å². The van der Waals surface area contributed by atoms with Crippen LogP contribution in [0.3, 0.4) is 0 Å². The Bertz CT molecular complexity index is 594. The van der Waals surface area contributed by atoms with Crippen LogP contribution in [0.15, 0.2) is 39.2 Å². The maximum Gasteiger partial charge on any atom is 0.123 e. The van der Waals surface area contributed by atoms with E-state index in [0.717, 1.165) is 35.4 Å². The molecule has 0 saturated heterocycles. The highest BCUT2D eigenvalue weighted by Crippen LogP contribution is 2.27. The molecule has 4 heteroatoms. The third-order valence-electron chi connectivity index (χ3n) is 3.65. The minimum atomic E-state index is 0.198. The lowest BCUT2D eigenvalue weighted by atomic mass is 10.0. The molecule has 1 aromatic heterocycles. The molecule has 0 saturated carbocycles. The van der Waals surface area contributed by atoms with Gasteiger partial charge >= 0.3 is 0 Å². The normalized spacial score (nSPS) is 12.4. The zero-order valence-electron chi connectivity index (χ0n) is 12.9. The van der Waals surface area contributed by atoms with Crippen molar-refractivity contribution < 1.29 is 4.42 Å². The van der Waals surface area contributed by atoms with Gasteiger partial charge in [0.15, 0.2) is 0 Å². The largest absolute Gasteiger partial charge is 0.464 e. The number of rotatable bonds is 6. The number of nitrogens with two attached hydrogens (primary N) is 1. The molecule has 1 unspecified atom stereocenters. The van der Waals surface area contributed by atoms with E-state index in [1.807, 2.05) is 19.1 Å². The highest BCUT2D eigenvalue weighted by Gasteiger charge is 2.12. The Balaban J connectivity index is 2.21. The SMILES string of the molecule is CCC(N)Cc1ccc(Br)cc1N(C)Cc1ccc(C)o1. The molecule has 1 aromatic carbocycles. The molecule has 1 heterocycles. The van der Waals surface area contributed by atoms with Gasteiger partial charge in [0.2, 0.25) is 0 Å². The first-order chi connectivity index (χ1) is 9.99. The molecule has 21 heavy (non-hydrogen) atoms. The van der Waals surface area contributed by atoms with E-state index in [2.05, 4.69) is 53.0 Å². The second-order valence-electron chi connectivity index (χ2n) is 5.51. The monoisotopic (exact) mass is 350 g/mol. The van der Waals surface area contributed by atoms with Crippen LogP contribution in [0.4, 0.5) is 5.69 Å². The van der Waals surface area contributed by atoms with Crippen LogP contribution in [-0.4, -0.2) is 13.1 Å². The molecule has 2 rings (SSSR count). The zero-order valence-corrected chi connectivity index (χ0v) is 14.5. The summed E-state index contributed by atoms with van der Waals surface area (Å²) in [5.74, 6) is 1.92. The Morgan fingerprint density at radius 1 is 1.29 bits per heavy atom. The molecule has 1 atom stereocenters. The van der Waals surface area contributed by atoms with E-state index in [1.54, 1.807) is 0 Å². The standard InChI is InChI=1S/C17H23BrN2O/c1-4-15(19)9-13-6-7-14(18)10-17(13)20(3)11-16-8-5-12(2)21-16/h5-8,10,15H,4,9,11,19H2,1-3H3. The van der Waals surface area contributed by atoms with Gasteiger partial charge in [-0.3, -0.25) is 0 Å². The molecule has 114 valence electrons. The number of hydrogen-bond acceptors (Lipinski definition) is 3. The highest BCUT2D eigenvalue weighted by molar-refractivity contribution is 9.10. The van der Waals surface area contributed by atoms with Crippen LogP contribution in [0.25, 0.3) is 0 Å². The van der Waals surface area contributed by atoms with Gasteiger partial charge in [0, 0.05) is 23.2 Å². The molecular weight excluding hydrogens is 328 g/mol. The number of anilines is 1. The fourth-order valence-corrected chi connectivity index (χ4v) is 2.73. The minimum absolute atomic E-state index is 0.198. The summed E-state index contributed by atoms with van der Waals surface area (Å²) in [5.41, 5.74) is 8.59. The molecule has 2 N–H and O–H groups in total. The van der Waals surface area contributed by atoms with E-state index < -0.39 is 0 Å². The maximum atomic E-state index is 6.12. The average Bonchev–Trinajstić information content (AvgIpc) is 2.85. The van der Waals surface area contributed by atoms with Crippen LogP contribution in [0.5, 0.6) is 0 Å². The molecule has 0 aliphatic rings. The summed E-state index contributed by atoms with van der Waals surface area (Å²) in [5, 5.41) is 0. The van der Waals surface area contributed by atoms with Crippen molar-refractivity contribution in [3.05, 3.63) is 51.9 Å². The number of nitrogens with zero attached hydrogens (tertiary/aromatic N) is 1. The fourth-order valence-electron chi connectivity index (χ4n) is 2.38. The fraction of sp³-hybridized carbons (Fsp3) is 0.412. The van der Waals surface area contributed by atoms with Gasteiger partial charge in [-0.15, -0.1) is 0 Å². The van der Waals surface area contributed by atoms with Crippen molar-refractivity contribution in [3.63, 3.8) is 0 Å². The van der Waals surface area contributed by atoms with E-state index in [0.29, 0.717) is 0 Å². The van der Waals surface area contributed by atoms with Crippen LogP contribution in [0.1, 0.15) is 30.4 Å². The minimum Gasteiger partial charge on any atom is -0.464 e. The van der Waals surface area contributed by atoms with Crippen LogP contribution >= 0.6 is 15.9 Å². The Morgan fingerprint density at radius 3 is 2.67 bits per heavy atom. The quantitative estimate of drug-likeness (QED) is 0.845. The molecular formula is C17H23BrN2O. The topological polar surface area (TPSA) is 42.4 Å². The van der Waals surface area contributed by atoms with Crippen molar-refractivity contribution in [1.82, 2.24) is 0 Å². The van der Waals surface area contributed by atoms with Gasteiger partial charge in [-0.05, 0) is 49.6 Å². The molecule has 0 bridgehead atoms. The summed E-state index contributed by atoms with van der Waals surface area (Å²) >= 11 is 3.56. The summed E-state index contributed by atoms with van der Waals surface area (Å²) in [7, 11) is 2.08. The van der Waals surface area contributed by atoms with Gasteiger partial charge in [0.25, 0.3) is 0 Å². The average molecular weight is 351 g/mol.